The maximum absolute atomic E-state index is 8.58. The quantitative estimate of drug-likeness (QED) is 0.143. The summed E-state index contributed by atoms with van der Waals surface area (Å²) in [5, 5.41) is 7.82. The molecule has 7 nitrogen and oxygen atoms in total. The van der Waals surface area contributed by atoms with Crippen LogP contribution in [0.4, 0.5) is 0 Å². The summed E-state index contributed by atoms with van der Waals surface area (Å²) in [6.45, 7) is 0. The van der Waals surface area contributed by atoms with Gasteiger partial charge in [-0.3, -0.25) is 10.3 Å². The Morgan fingerprint density at radius 2 is 1.75 bits per heavy atom. The molecular formula is CH7N5O2. The van der Waals surface area contributed by atoms with Crippen molar-refractivity contribution in [2.75, 3.05) is 0 Å². The van der Waals surface area contributed by atoms with E-state index >= 15 is 0 Å². The summed E-state index contributed by atoms with van der Waals surface area (Å²) < 4.78 is 0. The molecule has 0 amide bonds. The van der Waals surface area contributed by atoms with Gasteiger partial charge < -0.3 is 11.5 Å². The molecule has 0 heterocycles. The van der Waals surface area contributed by atoms with E-state index in [0.717, 1.165) is 0 Å². The molecule has 0 saturated carbocycles. The largest absolute Gasteiger partial charge is 0.370 e. The highest BCUT2D eigenvalue weighted by molar-refractivity contribution is 5.71. The molecule has 0 aliphatic heterocycles. The van der Waals surface area contributed by atoms with Gasteiger partial charge in [0.15, 0.2) is 11.3 Å². The van der Waals surface area contributed by atoms with Crippen LogP contribution in [0.3, 0.4) is 0 Å². The van der Waals surface area contributed by atoms with Crippen LogP contribution >= 0.6 is 0 Å². The lowest BCUT2D eigenvalue weighted by Crippen LogP contribution is -2.20. The van der Waals surface area contributed by atoms with Gasteiger partial charge in [-0.1, -0.05) is 0 Å². The first-order chi connectivity index (χ1) is 3.65. The molecule has 0 aliphatic carbocycles. The maximum Gasteiger partial charge on any atom is 0.183 e. The van der Waals surface area contributed by atoms with Gasteiger partial charge in [0.2, 0.25) is 0 Å². The van der Waals surface area contributed by atoms with Gasteiger partial charge in [-0.15, -0.1) is 10.8 Å². The SMILES string of the molecule is N=C(N)N.NON=O. The highest BCUT2D eigenvalue weighted by Gasteiger charge is 1.52. The Morgan fingerprint density at radius 1 is 1.62 bits per heavy atom. The Bertz CT molecular complexity index is 66.8. The van der Waals surface area contributed by atoms with E-state index in [4.69, 9.17) is 10.3 Å². The molecule has 8 heavy (non-hydrogen) atoms. The molecule has 0 bridgehead atoms. The van der Waals surface area contributed by atoms with Crippen LogP contribution in [0.1, 0.15) is 0 Å². The number of hydrogen-bond donors (Lipinski definition) is 4. The lowest BCUT2D eigenvalue weighted by molar-refractivity contribution is 0.144. The summed E-state index contributed by atoms with van der Waals surface area (Å²) in [6.07, 6.45) is 0. The minimum atomic E-state index is -0.333. The summed E-state index contributed by atoms with van der Waals surface area (Å²) in [5.41, 5.74) is 8.94. The van der Waals surface area contributed by atoms with E-state index in [1.807, 2.05) is 0 Å². The molecule has 0 fully saturated rings. The normalized spacial score (nSPS) is 5.62. The van der Waals surface area contributed by atoms with Crippen molar-refractivity contribution >= 4 is 5.96 Å². The van der Waals surface area contributed by atoms with Gasteiger partial charge in [-0.05, 0) is 0 Å². The van der Waals surface area contributed by atoms with Gasteiger partial charge in [0, 0.05) is 0 Å². The molecule has 0 unspecified atom stereocenters. The Hall–Kier alpha value is -1.37. The molecule has 0 aromatic rings. The van der Waals surface area contributed by atoms with Crippen LogP contribution in [0.2, 0.25) is 0 Å². The second kappa shape index (κ2) is 9.16. The zero-order valence-corrected chi connectivity index (χ0v) is 4.00. The Kier molecular flexibility index (Phi) is 11.2. The Labute approximate surface area is 45.2 Å². The minimum absolute atomic E-state index is 0.333. The van der Waals surface area contributed by atoms with Crippen molar-refractivity contribution in [3.63, 3.8) is 0 Å². The van der Waals surface area contributed by atoms with Gasteiger partial charge in [-0.2, -0.15) is 0 Å². The van der Waals surface area contributed by atoms with Gasteiger partial charge in [0.25, 0.3) is 0 Å². The Morgan fingerprint density at radius 3 is 1.75 bits per heavy atom. The number of nitrogens with two attached hydrogens (primary N) is 3. The zero-order valence-electron chi connectivity index (χ0n) is 4.00. The summed E-state index contributed by atoms with van der Waals surface area (Å²) in [4.78, 5) is 11.7. The number of guanidine groups is 1. The average molecular weight is 121 g/mol. The maximum atomic E-state index is 8.58. The summed E-state index contributed by atoms with van der Waals surface area (Å²) in [7, 11) is 0. The van der Waals surface area contributed by atoms with Crippen molar-refractivity contribution in [3.8, 4) is 0 Å². The van der Waals surface area contributed by atoms with Crippen LogP contribution < -0.4 is 17.4 Å². The minimum Gasteiger partial charge on any atom is -0.370 e. The first-order valence-corrected chi connectivity index (χ1v) is 1.43. The van der Waals surface area contributed by atoms with Gasteiger partial charge in [-0.25, -0.2) is 0 Å². The number of hydrogen-bond acceptors (Lipinski definition) is 5. The molecule has 0 spiro atoms. The van der Waals surface area contributed by atoms with Crippen LogP contribution in [0.15, 0.2) is 5.34 Å². The van der Waals surface area contributed by atoms with E-state index in [1.165, 1.54) is 0 Å². The fraction of sp³-hybridized carbons (Fsp3) is 0. The average Bonchev–Trinajstić information content (AvgIpc) is 1.65. The number of nitrogens with one attached hydrogen (secondary N) is 1. The molecule has 0 saturated heterocycles. The Balaban J connectivity index is 0. The van der Waals surface area contributed by atoms with Gasteiger partial charge in [0.1, 0.15) is 0 Å². The number of nitrogens with zero attached hydrogens (tertiary/aromatic N) is 1. The van der Waals surface area contributed by atoms with Crippen molar-refractivity contribution in [3.05, 3.63) is 4.91 Å². The van der Waals surface area contributed by atoms with Crippen molar-refractivity contribution in [1.29, 1.82) is 5.41 Å². The van der Waals surface area contributed by atoms with Crippen molar-refractivity contribution in [1.82, 2.24) is 0 Å². The van der Waals surface area contributed by atoms with Crippen LogP contribution in [-0.2, 0) is 4.94 Å². The third kappa shape index (κ3) is 446. The fourth-order valence-electron chi connectivity index (χ4n) is 0. The highest BCUT2D eigenvalue weighted by atomic mass is 16.8. The van der Waals surface area contributed by atoms with Gasteiger partial charge in [0.05, 0.1) is 0 Å². The first kappa shape index (κ1) is 9.80. The van der Waals surface area contributed by atoms with Crippen LogP contribution in [0, 0.1) is 10.3 Å². The summed E-state index contributed by atoms with van der Waals surface area (Å²) >= 11 is 0. The van der Waals surface area contributed by atoms with E-state index in [0.29, 0.717) is 0 Å². The highest BCUT2D eigenvalue weighted by Crippen LogP contribution is 1.44. The molecule has 0 radical (unpaired) electrons. The predicted octanol–water partition coefficient (Wildman–Crippen LogP) is -1.60. The molecule has 48 valence electrons. The third-order valence-electron chi connectivity index (χ3n) is 0.0430. The predicted molar refractivity (Wildman–Crippen MR) is 27.2 cm³/mol. The lowest BCUT2D eigenvalue weighted by Gasteiger charge is -1.69. The fourth-order valence-corrected chi connectivity index (χ4v) is 0. The van der Waals surface area contributed by atoms with E-state index in [-0.39, 0.29) is 5.96 Å². The monoisotopic (exact) mass is 121 g/mol. The molecule has 0 aromatic heterocycles. The van der Waals surface area contributed by atoms with Crippen molar-refractivity contribution in [2.24, 2.45) is 22.7 Å². The number of rotatable bonds is 1. The molecule has 7 N–H and O–H groups in total. The molecule has 0 aliphatic rings. The van der Waals surface area contributed by atoms with Crippen molar-refractivity contribution < 1.29 is 4.94 Å². The van der Waals surface area contributed by atoms with Crippen molar-refractivity contribution in [2.45, 2.75) is 0 Å². The van der Waals surface area contributed by atoms with E-state index in [2.05, 4.69) is 22.3 Å². The smallest absolute Gasteiger partial charge is 0.183 e. The van der Waals surface area contributed by atoms with E-state index in [1.54, 1.807) is 5.34 Å². The molecule has 0 aromatic carbocycles. The first-order valence-electron chi connectivity index (χ1n) is 1.43. The summed E-state index contributed by atoms with van der Waals surface area (Å²) in [5.74, 6) is 3.72. The standard InChI is InChI=1S/CH5N3.H2N2O2/c2-1(3)4;1-4-2-3/h(H5,2,3,4);1H2. The zero-order chi connectivity index (χ0) is 6.99. The van der Waals surface area contributed by atoms with Crippen LogP contribution in [-0.4, -0.2) is 5.96 Å². The van der Waals surface area contributed by atoms with Crippen LogP contribution in [0.25, 0.3) is 0 Å². The topological polar surface area (TPSA) is 141 Å². The molecular weight excluding hydrogens is 114 g/mol. The lowest BCUT2D eigenvalue weighted by atomic mass is 11.1. The van der Waals surface area contributed by atoms with E-state index < -0.39 is 0 Å². The molecule has 0 atom stereocenters. The third-order valence-corrected chi connectivity index (χ3v) is 0.0430. The van der Waals surface area contributed by atoms with Crippen LogP contribution in [0.5, 0.6) is 0 Å². The molecule has 7 heteroatoms. The van der Waals surface area contributed by atoms with E-state index in [9.17, 15) is 0 Å². The second-order valence-corrected chi connectivity index (χ2v) is 0.635. The second-order valence-electron chi connectivity index (χ2n) is 0.635. The van der Waals surface area contributed by atoms with Gasteiger partial charge >= 0.3 is 0 Å². The molecule has 0 rings (SSSR count). The summed E-state index contributed by atoms with van der Waals surface area (Å²) in [6, 6.07) is 0.